The number of anilines is 1. The second-order valence-electron chi connectivity index (χ2n) is 6.37. The van der Waals surface area contributed by atoms with E-state index in [9.17, 15) is 4.79 Å². The van der Waals surface area contributed by atoms with Gasteiger partial charge in [0.25, 0.3) is 5.91 Å². The van der Waals surface area contributed by atoms with E-state index in [0.29, 0.717) is 36.9 Å². The van der Waals surface area contributed by atoms with E-state index in [2.05, 4.69) is 19.9 Å². The van der Waals surface area contributed by atoms with Gasteiger partial charge in [-0.25, -0.2) is 4.98 Å². The number of amides is 1. The fourth-order valence-electron chi connectivity index (χ4n) is 2.90. The molecule has 1 N–H and O–H groups in total. The second kappa shape index (κ2) is 9.14. The summed E-state index contributed by atoms with van der Waals surface area (Å²) in [4.78, 5) is 21.3. The predicted molar refractivity (Wildman–Crippen MR) is 107 cm³/mol. The Morgan fingerprint density at radius 3 is 2.68 bits per heavy atom. The number of carbonyl (C=O) groups is 1. The summed E-state index contributed by atoms with van der Waals surface area (Å²) in [6.45, 7) is 5.48. The summed E-state index contributed by atoms with van der Waals surface area (Å²) in [6, 6.07) is 11.2. The van der Waals surface area contributed by atoms with E-state index < -0.39 is 0 Å². The highest BCUT2D eigenvalue weighted by atomic mass is 16.5. The van der Waals surface area contributed by atoms with Gasteiger partial charge in [-0.1, -0.05) is 6.07 Å². The third kappa shape index (κ3) is 4.75. The maximum atomic E-state index is 12.7. The number of aromatic nitrogens is 3. The average molecular weight is 380 g/mol. The highest BCUT2D eigenvalue weighted by molar-refractivity contribution is 6.05. The van der Waals surface area contributed by atoms with Gasteiger partial charge in [-0.15, -0.1) is 0 Å². The Morgan fingerprint density at radius 1 is 1.14 bits per heavy atom. The van der Waals surface area contributed by atoms with Crippen molar-refractivity contribution in [2.75, 3.05) is 25.6 Å². The molecule has 7 heteroatoms. The molecule has 3 heterocycles. The lowest BCUT2D eigenvalue weighted by molar-refractivity contribution is 0.102. The van der Waals surface area contributed by atoms with Gasteiger partial charge in [-0.05, 0) is 38.1 Å². The fraction of sp³-hybridized carbons (Fsp3) is 0.286. The number of carbonyl (C=O) groups excluding carboxylic acids is 1. The molecule has 0 saturated carbocycles. The van der Waals surface area contributed by atoms with Crippen molar-refractivity contribution < 1.29 is 14.3 Å². The second-order valence-corrected chi connectivity index (χ2v) is 6.37. The highest BCUT2D eigenvalue weighted by Crippen LogP contribution is 2.19. The van der Waals surface area contributed by atoms with Crippen LogP contribution in [0.2, 0.25) is 0 Å². The molecule has 146 valence electrons. The first-order chi connectivity index (χ1) is 13.6. The van der Waals surface area contributed by atoms with Crippen molar-refractivity contribution in [2.45, 2.75) is 20.4 Å². The van der Waals surface area contributed by atoms with Crippen LogP contribution in [0.15, 0.2) is 48.8 Å². The molecule has 1 amide bonds. The Hall–Kier alpha value is -3.19. The summed E-state index contributed by atoms with van der Waals surface area (Å²) in [5.74, 6) is 0.318. The van der Waals surface area contributed by atoms with E-state index in [-0.39, 0.29) is 5.91 Å². The topological polar surface area (TPSA) is 78.3 Å². The minimum atomic E-state index is -0.171. The predicted octanol–water partition coefficient (Wildman–Crippen LogP) is 3.22. The summed E-state index contributed by atoms with van der Waals surface area (Å²) >= 11 is 0. The molecule has 3 aromatic heterocycles. The third-order valence-corrected chi connectivity index (χ3v) is 4.40. The van der Waals surface area contributed by atoms with E-state index in [1.807, 2.05) is 38.1 Å². The van der Waals surface area contributed by atoms with Gasteiger partial charge >= 0.3 is 0 Å². The largest absolute Gasteiger partial charge is 0.475 e. The molecule has 0 aliphatic heterocycles. The number of ether oxygens (including phenoxy) is 2. The number of hydrogen-bond acceptors (Lipinski definition) is 5. The fourth-order valence-corrected chi connectivity index (χ4v) is 2.90. The van der Waals surface area contributed by atoms with Crippen LogP contribution in [0.5, 0.6) is 5.88 Å². The molecular formula is C21H24N4O3. The Labute approximate surface area is 164 Å². The van der Waals surface area contributed by atoms with Crippen molar-refractivity contribution in [1.82, 2.24) is 14.5 Å². The van der Waals surface area contributed by atoms with Gasteiger partial charge in [-0.3, -0.25) is 9.78 Å². The Morgan fingerprint density at radius 2 is 2.00 bits per heavy atom. The molecule has 0 fully saturated rings. The van der Waals surface area contributed by atoms with Gasteiger partial charge in [0.15, 0.2) is 0 Å². The standard InChI is InChI=1S/C21H24N4O3/c1-15-12-19(16(2)25(15)14-18-6-4-5-9-22-18)21(26)24-17-7-8-20(23-13-17)28-11-10-27-3/h4-9,12-13H,10-11,14H2,1-3H3,(H,24,26). The quantitative estimate of drug-likeness (QED) is 0.607. The van der Waals surface area contributed by atoms with E-state index in [4.69, 9.17) is 9.47 Å². The monoisotopic (exact) mass is 380 g/mol. The summed E-state index contributed by atoms with van der Waals surface area (Å²) in [5.41, 5.74) is 4.10. The molecule has 0 aromatic carbocycles. The van der Waals surface area contributed by atoms with Crippen LogP contribution in [0, 0.1) is 13.8 Å². The molecule has 0 aliphatic rings. The molecule has 0 spiro atoms. The summed E-state index contributed by atoms with van der Waals surface area (Å²) in [6.07, 6.45) is 3.35. The van der Waals surface area contributed by atoms with Gasteiger partial charge in [0.1, 0.15) is 6.61 Å². The van der Waals surface area contributed by atoms with Gasteiger partial charge in [0.05, 0.1) is 36.3 Å². The van der Waals surface area contributed by atoms with Crippen LogP contribution in [0.25, 0.3) is 0 Å². The number of nitrogens with zero attached hydrogens (tertiary/aromatic N) is 3. The molecule has 0 radical (unpaired) electrons. The van der Waals surface area contributed by atoms with Crippen molar-refractivity contribution >= 4 is 11.6 Å². The first-order valence-electron chi connectivity index (χ1n) is 9.04. The minimum Gasteiger partial charge on any atom is -0.475 e. The maximum Gasteiger partial charge on any atom is 0.257 e. The van der Waals surface area contributed by atoms with Crippen molar-refractivity contribution in [1.29, 1.82) is 0 Å². The lowest BCUT2D eigenvalue weighted by atomic mass is 10.2. The Balaban J connectivity index is 1.68. The number of aryl methyl sites for hydroxylation is 1. The van der Waals surface area contributed by atoms with Crippen molar-refractivity contribution in [3.05, 3.63) is 71.4 Å². The zero-order valence-electron chi connectivity index (χ0n) is 16.3. The molecule has 0 saturated heterocycles. The molecule has 3 aromatic rings. The van der Waals surface area contributed by atoms with Gasteiger partial charge in [-0.2, -0.15) is 0 Å². The van der Waals surface area contributed by atoms with Crippen molar-refractivity contribution in [3.8, 4) is 5.88 Å². The smallest absolute Gasteiger partial charge is 0.257 e. The molecule has 0 atom stereocenters. The van der Waals surface area contributed by atoms with E-state index >= 15 is 0 Å². The van der Waals surface area contributed by atoms with E-state index in [0.717, 1.165) is 17.1 Å². The molecule has 0 aliphatic carbocycles. The van der Waals surface area contributed by atoms with Gasteiger partial charge in [0, 0.05) is 30.8 Å². The van der Waals surface area contributed by atoms with E-state index in [1.165, 1.54) is 0 Å². The van der Waals surface area contributed by atoms with Crippen LogP contribution in [-0.2, 0) is 11.3 Å². The molecule has 0 unspecified atom stereocenters. The zero-order valence-corrected chi connectivity index (χ0v) is 16.3. The highest BCUT2D eigenvalue weighted by Gasteiger charge is 2.16. The number of nitrogens with one attached hydrogen (secondary N) is 1. The number of pyridine rings is 2. The van der Waals surface area contributed by atoms with Crippen molar-refractivity contribution in [2.24, 2.45) is 0 Å². The van der Waals surface area contributed by atoms with Crippen LogP contribution in [0.1, 0.15) is 27.4 Å². The number of methoxy groups -OCH3 is 1. The lowest BCUT2D eigenvalue weighted by Gasteiger charge is -2.10. The Bertz CT molecular complexity index is 921. The third-order valence-electron chi connectivity index (χ3n) is 4.40. The first kappa shape index (κ1) is 19.6. The van der Waals surface area contributed by atoms with Crippen LogP contribution >= 0.6 is 0 Å². The molecule has 7 nitrogen and oxygen atoms in total. The van der Waals surface area contributed by atoms with Gasteiger partial charge < -0.3 is 19.4 Å². The molecular weight excluding hydrogens is 356 g/mol. The lowest BCUT2D eigenvalue weighted by Crippen LogP contribution is -2.14. The van der Waals surface area contributed by atoms with Crippen LogP contribution < -0.4 is 10.1 Å². The summed E-state index contributed by atoms with van der Waals surface area (Å²) in [5, 5.41) is 2.89. The summed E-state index contributed by atoms with van der Waals surface area (Å²) < 4.78 is 12.4. The SMILES string of the molecule is COCCOc1ccc(NC(=O)c2cc(C)n(Cc3ccccn3)c2C)cn1. The summed E-state index contributed by atoms with van der Waals surface area (Å²) in [7, 11) is 1.61. The van der Waals surface area contributed by atoms with Gasteiger partial charge in [0.2, 0.25) is 5.88 Å². The minimum absolute atomic E-state index is 0.171. The van der Waals surface area contributed by atoms with E-state index in [1.54, 1.807) is 31.6 Å². The Kier molecular flexibility index (Phi) is 6.39. The molecule has 0 bridgehead atoms. The number of hydrogen-bond donors (Lipinski definition) is 1. The molecule has 3 rings (SSSR count). The average Bonchev–Trinajstić information content (AvgIpc) is 2.99. The molecule has 28 heavy (non-hydrogen) atoms. The van der Waals surface area contributed by atoms with Crippen LogP contribution in [-0.4, -0.2) is 40.8 Å². The van der Waals surface area contributed by atoms with Crippen molar-refractivity contribution in [3.63, 3.8) is 0 Å². The van der Waals surface area contributed by atoms with Crippen LogP contribution in [0.4, 0.5) is 5.69 Å². The number of rotatable bonds is 8. The zero-order chi connectivity index (χ0) is 19.9. The first-order valence-corrected chi connectivity index (χ1v) is 9.04. The normalized spacial score (nSPS) is 10.7. The maximum absolute atomic E-state index is 12.7. The van der Waals surface area contributed by atoms with Crippen LogP contribution in [0.3, 0.4) is 0 Å².